The normalized spacial score (nSPS) is 14.6. The van der Waals surface area contributed by atoms with E-state index in [4.69, 9.17) is 16.0 Å². The minimum absolute atomic E-state index is 0.529. The van der Waals surface area contributed by atoms with Crippen LogP contribution in [0, 0.1) is 0 Å². The molecule has 3 aromatic rings. The van der Waals surface area contributed by atoms with Crippen LogP contribution in [0.4, 0.5) is 0 Å². The molecule has 1 fully saturated rings. The van der Waals surface area contributed by atoms with E-state index in [-0.39, 0.29) is 0 Å². The number of aromatic nitrogens is 5. The van der Waals surface area contributed by atoms with Crippen molar-refractivity contribution in [2.75, 3.05) is 0 Å². The number of hydrogen-bond acceptors (Lipinski definition) is 7. The Balaban J connectivity index is 1.57. The van der Waals surface area contributed by atoms with Gasteiger partial charge in [-0.3, -0.25) is 4.57 Å². The molecule has 1 aliphatic carbocycles. The summed E-state index contributed by atoms with van der Waals surface area (Å²) < 4.78 is 12.1. The number of thioether (sulfide) groups is 1. The van der Waals surface area contributed by atoms with Gasteiger partial charge in [0, 0.05) is 23.2 Å². The van der Waals surface area contributed by atoms with Gasteiger partial charge >= 0.3 is 0 Å². The fourth-order valence-electron chi connectivity index (χ4n) is 2.17. The average molecular weight is 354 g/mol. The Hall–Kier alpha value is -1.38. The van der Waals surface area contributed by atoms with Gasteiger partial charge in [-0.2, -0.15) is 0 Å². The van der Waals surface area contributed by atoms with Crippen molar-refractivity contribution in [1.29, 1.82) is 0 Å². The first-order valence-corrected chi connectivity index (χ1v) is 9.00. The summed E-state index contributed by atoms with van der Waals surface area (Å²) >= 11 is 8.82. The molecule has 3 aromatic heterocycles. The molecule has 0 spiro atoms. The molecule has 114 valence electrons. The van der Waals surface area contributed by atoms with Gasteiger partial charge in [-0.05, 0) is 25.0 Å². The van der Waals surface area contributed by atoms with Gasteiger partial charge in [0.2, 0.25) is 0 Å². The molecular formula is C13H12ClN5OS2. The van der Waals surface area contributed by atoms with Gasteiger partial charge in [0.25, 0.3) is 0 Å². The third kappa shape index (κ3) is 2.90. The van der Waals surface area contributed by atoms with E-state index in [9.17, 15) is 0 Å². The van der Waals surface area contributed by atoms with E-state index >= 15 is 0 Å². The van der Waals surface area contributed by atoms with Gasteiger partial charge in [-0.25, -0.2) is 0 Å². The molecule has 0 bridgehead atoms. The Labute approximate surface area is 140 Å². The third-order valence-corrected chi connectivity index (χ3v) is 5.39. The van der Waals surface area contributed by atoms with Crippen molar-refractivity contribution >= 4 is 34.9 Å². The Bertz CT molecular complexity index is 765. The highest BCUT2D eigenvalue weighted by molar-refractivity contribution is 7.98. The predicted molar refractivity (Wildman–Crippen MR) is 84.3 cm³/mol. The zero-order valence-corrected chi connectivity index (χ0v) is 13.9. The first kappa shape index (κ1) is 14.2. The summed E-state index contributed by atoms with van der Waals surface area (Å²) in [6.07, 6.45) is 4.05. The average Bonchev–Trinajstić information content (AvgIpc) is 2.92. The molecule has 3 heterocycles. The molecule has 1 saturated carbocycles. The van der Waals surface area contributed by atoms with Crippen LogP contribution in [0.5, 0.6) is 0 Å². The van der Waals surface area contributed by atoms with Crippen molar-refractivity contribution in [3.05, 3.63) is 40.0 Å². The van der Waals surface area contributed by atoms with Crippen LogP contribution in [0.15, 0.2) is 28.0 Å². The van der Waals surface area contributed by atoms with Gasteiger partial charge < -0.3 is 4.42 Å². The summed E-state index contributed by atoms with van der Waals surface area (Å²) in [4.78, 5) is 0. The topological polar surface area (TPSA) is 69.6 Å². The Kier molecular flexibility index (Phi) is 3.89. The highest BCUT2D eigenvalue weighted by Gasteiger charge is 2.30. The van der Waals surface area contributed by atoms with E-state index in [1.165, 1.54) is 24.4 Å². The van der Waals surface area contributed by atoms with Crippen molar-refractivity contribution < 1.29 is 4.42 Å². The van der Waals surface area contributed by atoms with Crippen molar-refractivity contribution in [3.8, 4) is 0 Å². The van der Waals surface area contributed by atoms with Crippen molar-refractivity contribution in [2.24, 2.45) is 0 Å². The Morgan fingerprint density at radius 3 is 2.95 bits per heavy atom. The number of furan rings is 1. The van der Waals surface area contributed by atoms with E-state index in [1.54, 1.807) is 18.0 Å². The summed E-state index contributed by atoms with van der Waals surface area (Å²) in [5, 5.41) is 13.6. The van der Waals surface area contributed by atoms with Gasteiger partial charge in [-0.15, -0.1) is 15.3 Å². The molecule has 22 heavy (non-hydrogen) atoms. The quantitative estimate of drug-likeness (QED) is 0.631. The minimum Gasteiger partial charge on any atom is -0.467 e. The molecule has 0 aliphatic heterocycles. The molecule has 0 aromatic carbocycles. The minimum atomic E-state index is 0.529. The van der Waals surface area contributed by atoms with Crippen molar-refractivity contribution in [3.63, 3.8) is 0 Å². The molecule has 0 radical (unpaired) electrons. The molecular weight excluding hydrogens is 342 g/mol. The van der Waals surface area contributed by atoms with Gasteiger partial charge in [0.05, 0.1) is 12.8 Å². The van der Waals surface area contributed by atoms with E-state index in [0.29, 0.717) is 22.6 Å². The molecule has 9 heteroatoms. The maximum atomic E-state index is 6.05. The molecule has 0 saturated heterocycles. The van der Waals surface area contributed by atoms with Gasteiger partial charge in [0.1, 0.15) is 21.6 Å². The number of nitrogens with zero attached hydrogens (tertiary/aromatic N) is 5. The Morgan fingerprint density at radius 1 is 1.36 bits per heavy atom. The fraction of sp³-hybridized carbons (Fsp3) is 0.385. The second-order valence-corrected chi connectivity index (χ2v) is 7.36. The van der Waals surface area contributed by atoms with Crippen LogP contribution in [0.1, 0.15) is 36.0 Å². The summed E-state index contributed by atoms with van der Waals surface area (Å²) in [7, 11) is 0. The molecule has 6 nitrogen and oxygen atoms in total. The van der Waals surface area contributed by atoms with Crippen LogP contribution in [-0.2, 0) is 12.3 Å². The summed E-state index contributed by atoms with van der Waals surface area (Å²) in [6, 6.07) is 3.86. The van der Waals surface area contributed by atoms with E-state index in [0.717, 1.165) is 22.4 Å². The highest BCUT2D eigenvalue weighted by atomic mass is 35.5. The van der Waals surface area contributed by atoms with E-state index in [1.807, 2.05) is 12.1 Å². The van der Waals surface area contributed by atoms with Crippen LogP contribution < -0.4 is 0 Å². The van der Waals surface area contributed by atoms with Crippen LogP contribution >= 0.6 is 34.9 Å². The number of hydrogen-bond donors (Lipinski definition) is 0. The first-order chi connectivity index (χ1) is 10.8. The fourth-order valence-corrected chi connectivity index (χ4v) is 3.85. The number of halogens is 1. The van der Waals surface area contributed by atoms with Crippen molar-refractivity contribution in [1.82, 2.24) is 24.4 Å². The van der Waals surface area contributed by atoms with Crippen LogP contribution in [-0.4, -0.2) is 24.4 Å². The monoisotopic (exact) mass is 353 g/mol. The standard InChI is InChI=1S/C13H12ClN5OS2/c14-11-10(15-18-22-11)7-21-13-17-16-12(8-3-4-8)19(13)6-9-2-1-5-20-9/h1-2,5,8H,3-4,6-7H2. The van der Waals surface area contributed by atoms with Gasteiger partial charge in [0.15, 0.2) is 5.16 Å². The summed E-state index contributed by atoms with van der Waals surface area (Å²) in [5.74, 6) is 3.11. The lowest BCUT2D eigenvalue weighted by Crippen LogP contribution is -2.05. The first-order valence-electron chi connectivity index (χ1n) is 6.86. The lowest BCUT2D eigenvalue weighted by atomic mass is 10.3. The molecule has 1 aliphatic rings. The van der Waals surface area contributed by atoms with Crippen LogP contribution in [0.3, 0.4) is 0 Å². The third-order valence-electron chi connectivity index (χ3n) is 3.43. The molecule has 0 atom stereocenters. The predicted octanol–water partition coefficient (Wildman–Crippen LogP) is 3.59. The highest BCUT2D eigenvalue weighted by Crippen LogP contribution is 2.40. The smallest absolute Gasteiger partial charge is 0.192 e. The SMILES string of the molecule is Clc1snnc1CSc1nnc(C2CC2)n1Cc1ccco1. The number of rotatable bonds is 6. The second kappa shape index (κ2) is 6.02. The second-order valence-electron chi connectivity index (χ2n) is 5.06. The van der Waals surface area contributed by atoms with E-state index < -0.39 is 0 Å². The summed E-state index contributed by atoms with van der Waals surface area (Å²) in [5.41, 5.74) is 0.789. The van der Waals surface area contributed by atoms with Crippen LogP contribution in [0.25, 0.3) is 0 Å². The largest absolute Gasteiger partial charge is 0.467 e. The molecule has 0 unspecified atom stereocenters. The van der Waals surface area contributed by atoms with Crippen LogP contribution in [0.2, 0.25) is 4.34 Å². The molecule has 4 rings (SSSR count). The van der Waals surface area contributed by atoms with Gasteiger partial charge in [-0.1, -0.05) is 27.9 Å². The lowest BCUT2D eigenvalue weighted by molar-refractivity contribution is 0.478. The van der Waals surface area contributed by atoms with Crippen molar-refractivity contribution in [2.45, 2.75) is 36.2 Å². The summed E-state index contributed by atoms with van der Waals surface area (Å²) in [6.45, 7) is 0.650. The maximum absolute atomic E-state index is 6.05. The Morgan fingerprint density at radius 2 is 2.27 bits per heavy atom. The zero-order chi connectivity index (χ0) is 14.9. The maximum Gasteiger partial charge on any atom is 0.192 e. The molecule has 0 N–H and O–H groups in total. The molecule has 0 amide bonds. The lowest BCUT2D eigenvalue weighted by Gasteiger charge is -2.07. The zero-order valence-electron chi connectivity index (χ0n) is 11.5. The van der Waals surface area contributed by atoms with E-state index in [2.05, 4.69) is 24.4 Å².